The topological polar surface area (TPSA) is 75.9 Å². The molecule has 1 aromatic carbocycles. The Morgan fingerprint density at radius 3 is 2.09 bits per heavy atom. The van der Waals surface area contributed by atoms with Crippen LogP contribution in [0.4, 0.5) is 23.1 Å². The minimum absolute atomic E-state index is 0.619. The highest BCUT2D eigenvalue weighted by atomic mass is 16.5. The Hall–Kier alpha value is -2.89. The van der Waals surface area contributed by atoms with Crippen molar-refractivity contribution >= 4 is 23.1 Å². The van der Waals surface area contributed by atoms with E-state index in [0.29, 0.717) is 17.5 Å². The van der Waals surface area contributed by atoms with Crippen molar-refractivity contribution in [3.63, 3.8) is 0 Å². The number of aryl methyl sites for hydroxylation is 3. The van der Waals surface area contributed by atoms with Gasteiger partial charge in [-0.2, -0.15) is 0 Å². The first-order valence-electron chi connectivity index (χ1n) is 6.96. The number of hydrogen-bond acceptors (Lipinski definition) is 6. The van der Waals surface area contributed by atoms with Crippen LogP contribution in [0.2, 0.25) is 0 Å². The molecule has 0 aliphatic heterocycles. The summed E-state index contributed by atoms with van der Waals surface area (Å²) >= 11 is 0. The Labute approximate surface area is 128 Å². The maximum absolute atomic E-state index is 5.02. The highest BCUT2D eigenvalue weighted by Crippen LogP contribution is 2.20. The normalized spacial score (nSPS) is 10.5. The molecule has 0 fully saturated rings. The van der Waals surface area contributed by atoms with Crippen molar-refractivity contribution < 1.29 is 4.52 Å². The molecule has 3 aromatic rings. The molecule has 6 nitrogen and oxygen atoms in total. The number of benzene rings is 1. The Balaban J connectivity index is 1.78. The van der Waals surface area contributed by atoms with Gasteiger partial charge < -0.3 is 15.2 Å². The zero-order chi connectivity index (χ0) is 15.5. The minimum atomic E-state index is 0.619. The zero-order valence-electron chi connectivity index (χ0n) is 12.7. The summed E-state index contributed by atoms with van der Waals surface area (Å²) in [4.78, 5) is 8.41. The van der Waals surface area contributed by atoms with Gasteiger partial charge in [-0.05, 0) is 44.0 Å². The SMILES string of the molecule is Cc1cc(C)cc(Nc2cc(Nc3cc(C)on3)ncn2)c1. The van der Waals surface area contributed by atoms with Crippen LogP contribution in [0.1, 0.15) is 16.9 Å². The van der Waals surface area contributed by atoms with Crippen molar-refractivity contribution in [1.82, 2.24) is 15.1 Å². The van der Waals surface area contributed by atoms with E-state index in [1.807, 2.05) is 13.0 Å². The third kappa shape index (κ3) is 3.41. The first-order valence-corrected chi connectivity index (χ1v) is 6.96. The van der Waals surface area contributed by atoms with Gasteiger partial charge in [-0.3, -0.25) is 0 Å². The third-order valence-electron chi connectivity index (χ3n) is 3.05. The van der Waals surface area contributed by atoms with Crippen molar-refractivity contribution in [1.29, 1.82) is 0 Å². The Kier molecular flexibility index (Phi) is 3.74. The molecule has 22 heavy (non-hydrogen) atoms. The second kappa shape index (κ2) is 5.85. The average molecular weight is 295 g/mol. The van der Waals surface area contributed by atoms with E-state index >= 15 is 0 Å². The van der Waals surface area contributed by atoms with Gasteiger partial charge in [0.2, 0.25) is 0 Å². The quantitative estimate of drug-likeness (QED) is 0.760. The molecule has 0 saturated heterocycles. The average Bonchev–Trinajstić information content (AvgIpc) is 2.83. The van der Waals surface area contributed by atoms with Crippen LogP contribution in [-0.4, -0.2) is 15.1 Å². The van der Waals surface area contributed by atoms with Crippen LogP contribution in [-0.2, 0) is 0 Å². The number of hydrogen-bond donors (Lipinski definition) is 2. The van der Waals surface area contributed by atoms with Gasteiger partial charge in [-0.25, -0.2) is 9.97 Å². The molecule has 6 heteroatoms. The lowest BCUT2D eigenvalue weighted by atomic mass is 10.1. The third-order valence-corrected chi connectivity index (χ3v) is 3.05. The molecule has 2 N–H and O–H groups in total. The molecule has 0 unspecified atom stereocenters. The molecule has 3 rings (SSSR count). The van der Waals surface area contributed by atoms with Crippen molar-refractivity contribution in [3.8, 4) is 0 Å². The summed E-state index contributed by atoms with van der Waals surface area (Å²) in [5.41, 5.74) is 3.40. The van der Waals surface area contributed by atoms with Gasteiger partial charge in [0.25, 0.3) is 0 Å². The standard InChI is InChI=1S/C16H17N5O/c1-10-4-11(2)6-13(5-10)19-14-8-15(18-9-17-14)20-16-7-12(3)22-21-16/h4-9H,1-3H3,(H2,17,18,19,20,21). The summed E-state index contributed by atoms with van der Waals surface area (Å²) < 4.78 is 5.02. The molecular formula is C16H17N5O. The summed E-state index contributed by atoms with van der Waals surface area (Å²) in [6.07, 6.45) is 1.50. The molecule has 112 valence electrons. The fraction of sp³-hybridized carbons (Fsp3) is 0.188. The summed E-state index contributed by atoms with van der Waals surface area (Å²) in [6.45, 7) is 5.97. The molecule has 2 aromatic heterocycles. The number of rotatable bonds is 4. The van der Waals surface area contributed by atoms with Crippen LogP contribution in [0.15, 0.2) is 41.2 Å². The minimum Gasteiger partial charge on any atom is -0.360 e. The summed E-state index contributed by atoms with van der Waals surface area (Å²) in [5, 5.41) is 10.2. The summed E-state index contributed by atoms with van der Waals surface area (Å²) in [5.74, 6) is 2.72. The van der Waals surface area contributed by atoms with Crippen molar-refractivity contribution in [2.24, 2.45) is 0 Å². The van der Waals surface area contributed by atoms with Crippen LogP contribution in [0.25, 0.3) is 0 Å². The van der Waals surface area contributed by atoms with Gasteiger partial charge >= 0.3 is 0 Å². The number of anilines is 4. The van der Waals surface area contributed by atoms with Gasteiger partial charge in [-0.15, -0.1) is 0 Å². The fourth-order valence-corrected chi connectivity index (χ4v) is 2.25. The molecule has 0 saturated carbocycles. The second-order valence-electron chi connectivity index (χ2n) is 5.24. The predicted octanol–water partition coefficient (Wildman–Crippen LogP) is 3.88. The summed E-state index contributed by atoms with van der Waals surface area (Å²) in [6, 6.07) is 9.90. The van der Waals surface area contributed by atoms with Crippen LogP contribution in [0.5, 0.6) is 0 Å². The van der Waals surface area contributed by atoms with Crippen molar-refractivity contribution in [2.75, 3.05) is 10.6 Å². The fourth-order valence-electron chi connectivity index (χ4n) is 2.25. The van der Waals surface area contributed by atoms with E-state index in [1.54, 1.807) is 6.07 Å². The van der Waals surface area contributed by atoms with Crippen LogP contribution < -0.4 is 10.6 Å². The van der Waals surface area contributed by atoms with E-state index in [1.165, 1.54) is 17.5 Å². The molecule has 0 aliphatic rings. The van der Waals surface area contributed by atoms with Crippen LogP contribution >= 0.6 is 0 Å². The Morgan fingerprint density at radius 1 is 0.773 bits per heavy atom. The highest BCUT2D eigenvalue weighted by Gasteiger charge is 2.04. The number of nitrogens with one attached hydrogen (secondary N) is 2. The maximum atomic E-state index is 5.02. The van der Waals surface area contributed by atoms with Crippen LogP contribution in [0.3, 0.4) is 0 Å². The molecule has 0 radical (unpaired) electrons. The van der Waals surface area contributed by atoms with Gasteiger partial charge in [0.1, 0.15) is 23.7 Å². The predicted molar refractivity (Wildman–Crippen MR) is 85.8 cm³/mol. The lowest BCUT2D eigenvalue weighted by molar-refractivity contribution is 0.400. The number of nitrogens with zero attached hydrogens (tertiary/aromatic N) is 3. The van der Waals surface area contributed by atoms with Crippen LogP contribution in [0, 0.1) is 20.8 Å². The Bertz CT molecular complexity index is 776. The molecule has 2 heterocycles. The monoisotopic (exact) mass is 295 g/mol. The molecule has 0 atom stereocenters. The van der Waals surface area contributed by atoms with Crippen molar-refractivity contribution in [2.45, 2.75) is 20.8 Å². The first-order chi connectivity index (χ1) is 10.6. The molecule has 0 aliphatic carbocycles. The van der Waals surface area contributed by atoms with Gasteiger partial charge in [0.05, 0.1) is 0 Å². The van der Waals surface area contributed by atoms with E-state index in [2.05, 4.69) is 57.8 Å². The van der Waals surface area contributed by atoms with Gasteiger partial charge in [0.15, 0.2) is 5.82 Å². The lowest BCUT2D eigenvalue weighted by Crippen LogP contribution is -1.99. The van der Waals surface area contributed by atoms with Crippen molar-refractivity contribution in [3.05, 3.63) is 53.5 Å². The largest absolute Gasteiger partial charge is 0.360 e. The van der Waals surface area contributed by atoms with E-state index in [9.17, 15) is 0 Å². The van der Waals surface area contributed by atoms with Gasteiger partial charge in [-0.1, -0.05) is 11.2 Å². The van der Waals surface area contributed by atoms with E-state index in [4.69, 9.17) is 4.52 Å². The zero-order valence-corrected chi connectivity index (χ0v) is 12.7. The van der Waals surface area contributed by atoms with E-state index in [0.717, 1.165) is 11.4 Å². The highest BCUT2D eigenvalue weighted by molar-refractivity contribution is 5.62. The smallest absolute Gasteiger partial charge is 0.175 e. The second-order valence-corrected chi connectivity index (χ2v) is 5.24. The molecule has 0 bridgehead atoms. The van der Waals surface area contributed by atoms with E-state index in [-0.39, 0.29) is 0 Å². The van der Waals surface area contributed by atoms with E-state index < -0.39 is 0 Å². The lowest BCUT2D eigenvalue weighted by Gasteiger charge is -2.09. The van der Waals surface area contributed by atoms with Gasteiger partial charge in [0, 0.05) is 17.8 Å². The molecule has 0 amide bonds. The molecule has 0 spiro atoms. The number of aromatic nitrogens is 3. The first kappa shape index (κ1) is 14.1. The summed E-state index contributed by atoms with van der Waals surface area (Å²) in [7, 11) is 0. The molecular weight excluding hydrogens is 278 g/mol. The Morgan fingerprint density at radius 2 is 1.45 bits per heavy atom. The maximum Gasteiger partial charge on any atom is 0.175 e.